The predicted molar refractivity (Wildman–Crippen MR) is 81.4 cm³/mol. The van der Waals surface area contributed by atoms with Crippen LogP contribution in [0.5, 0.6) is 0 Å². The summed E-state index contributed by atoms with van der Waals surface area (Å²) in [6.45, 7) is -0.0417. The van der Waals surface area contributed by atoms with E-state index < -0.39 is 11.9 Å². The third kappa shape index (κ3) is 3.43. The van der Waals surface area contributed by atoms with Crippen LogP contribution < -0.4 is 10.5 Å². The fourth-order valence-electron chi connectivity index (χ4n) is 2.26. The second kappa shape index (κ2) is 6.30. The number of anilines is 1. The van der Waals surface area contributed by atoms with Gasteiger partial charge in [0.15, 0.2) is 0 Å². The second-order valence-corrected chi connectivity index (χ2v) is 4.96. The van der Waals surface area contributed by atoms with Crippen molar-refractivity contribution in [2.24, 2.45) is 0 Å². The number of aryl methyl sites for hydroxylation is 1. The number of aliphatic carboxylic acids is 2. The summed E-state index contributed by atoms with van der Waals surface area (Å²) in [5.41, 5.74) is 1.07. The number of carboxylic acids is 2. The summed E-state index contributed by atoms with van der Waals surface area (Å²) in [4.78, 5) is 34.9. The van der Waals surface area contributed by atoms with Gasteiger partial charge in [-0.3, -0.25) is 14.4 Å². The van der Waals surface area contributed by atoms with Crippen LogP contribution in [0.2, 0.25) is 0 Å². The van der Waals surface area contributed by atoms with E-state index in [1.807, 2.05) is 0 Å². The van der Waals surface area contributed by atoms with Gasteiger partial charge in [-0.05, 0) is 24.3 Å². The van der Waals surface area contributed by atoms with E-state index in [1.54, 1.807) is 36.2 Å². The Morgan fingerprint density at radius 1 is 1.14 bits per heavy atom. The van der Waals surface area contributed by atoms with Gasteiger partial charge < -0.3 is 19.7 Å². The average molecular weight is 304 g/mol. The van der Waals surface area contributed by atoms with Gasteiger partial charge >= 0.3 is 11.9 Å². The molecule has 0 bridgehead atoms. The minimum Gasteiger partial charge on any atom is -0.481 e. The summed E-state index contributed by atoms with van der Waals surface area (Å²) >= 11 is 0. The van der Waals surface area contributed by atoms with Crippen LogP contribution in [-0.4, -0.2) is 40.3 Å². The fourth-order valence-corrected chi connectivity index (χ4v) is 2.26. The number of hydrogen-bond donors (Lipinski definition) is 2. The molecule has 1 aromatic carbocycles. The zero-order valence-electron chi connectivity index (χ0n) is 12.0. The summed E-state index contributed by atoms with van der Waals surface area (Å²) in [7, 11) is 1.66. The number of benzene rings is 1. The number of carbonyl (C=O) groups is 2. The average Bonchev–Trinajstić information content (AvgIpc) is 2.44. The molecule has 0 unspecified atom stereocenters. The first kappa shape index (κ1) is 15.6. The summed E-state index contributed by atoms with van der Waals surface area (Å²) in [5, 5.41) is 18.3. The van der Waals surface area contributed by atoms with E-state index >= 15 is 0 Å². The summed E-state index contributed by atoms with van der Waals surface area (Å²) in [6, 6.07) is 8.21. The first-order valence-corrected chi connectivity index (χ1v) is 6.67. The van der Waals surface area contributed by atoms with Crippen LogP contribution in [0, 0.1) is 0 Å². The highest BCUT2D eigenvalue weighted by molar-refractivity contribution is 5.84. The monoisotopic (exact) mass is 304 g/mol. The van der Waals surface area contributed by atoms with E-state index in [0.717, 1.165) is 5.39 Å². The maximum atomic E-state index is 11.9. The number of likely N-dealkylation sites (N-methyl/N-ethyl adjacent to an activating group) is 1. The van der Waals surface area contributed by atoms with Gasteiger partial charge in [-0.15, -0.1) is 0 Å². The van der Waals surface area contributed by atoms with Crippen molar-refractivity contribution >= 4 is 28.5 Å². The molecule has 0 saturated heterocycles. The Kier molecular flexibility index (Phi) is 4.45. The highest BCUT2D eigenvalue weighted by Gasteiger charge is 2.09. The van der Waals surface area contributed by atoms with Gasteiger partial charge in [0.1, 0.15) is 6.54 Å². The van der Waals surface area contributed by atoms with Gasteiger partial charge in [0, 0.05) is 30.7 Å². The number of rotatable bonds is 6. The lowest BCUT2D eigenvalue weighted by Gasteiger charge is -2.18. The van der Waals surface area contributed by atoms with Crippen LogP contribution in [0.4, 0.5) is 5.69 Å². The van der Waals surface area contributed by atoms with E-state index in [4.69, 9.17) is 10.2 Å². The number of fused-ring (bicyclic) bond motifs is 1. The molecule has 0 atom stereocenters. The lowest BCUT2D eigenvalue weighted by Crippen LogP contribution is -2.25. The first-order valence-electron chi connectivity index (χ1n) is 6.67. The minimum absolute atomic E-state index is 0.0931. The molecule has 1 aromatic heterocycles. The molecule has 7 nitrogen and oxygen atoms in total. The molecule has 7 heteroatoms. The molecule has 0 aliphatic heterocycles. The molecule has 0 fully saturated rings. The highest BCUT2D eigenvalue weighted by atomic mass is 16.4. The molecule has 0 saturated carbocycles. The largest absolute Gasteiger partial charge is 0.481 e. The van der Waals surface area contributed by atoms with Crippen LogP contribution in [0.3, 0.4) is 0 Å². The van der Waals surface area contributed by atoms with Gasteiger partial charge in [0.2, 0.25) is 0 Å². The van der Waals surface area contributed by atoms with Gasteiger partial charge in [-0.2, -0.15) is 0 Å². The Balaban J connectivity index is 2.42. The lowest BCUT2D eigenvalue weighted by atomic mass is 10.1. The molecule has 2 N–H and O–H groups in total. The highest BCUT2D eigenvalue weighted by Crippen LogP contribution is 2.20. The molecule has 0 radical (unpaired) electrons. The van der Waals surface area contributed by atoms with E-state index in [9.17, 15) is 14.4 Å². The Bertz CT molecular complexity index is 781. The van der Waals surface area contributed by atoms with Gasteiger partial charge in [0.25, 0.3) is 5.56 Å². The number of hydrogen-bond acceptors (Lipinski definition) is 4. The van der Waals surface area contributed by atoms with Crippen molar-refractivity contribution in [2.45, 2.75) is 13.0 Å². The lowest BCUT2D eigenvalue weighted by molar-refractivity contribution is -0.137. The normalized spacial score (nSPS) is 10.6. The number of pyridine rings is 1. The topological polar surface area (TPSA) is 99.8 Å². The quantitative estimate of drug-likeness (QED) is 0.825. The van der Waals surface area contributed by atoms with Crippen molar-refractivity contribution in [2.75, 3.05) is 18.5 Å². The maximum Gasteiger partial charge on any atom is 0.323 e. The van der Waals surface area contributed by atoms with Crippen LogP contribution in [0.1, 0.15) is 6.42 Å². The van der Waals surface area contributed by atoms with Crippen LogP contribution >= 0.6 is 0 Å². The third-order valence-corrected chi connectivity index (χ3v) is 3.34. The number of aromatic nitrogens is 1. The molecule has 116 valence electrons. The van der Waals surface area contributed by atoms with Crippen molar-refractivity contribution in [3.8, 4) is 0 Å². The fraction of sp³-hybridized carbons (Fsp3) is 0.267. The summed E-state index contributed by atoms with van der Waals surface area (Å²) in [6.07, 6.45) is -0.139. The zero-order valence-corrected chi connectivity index (χ0v) is 12.0. The van der Waals surface area contributed by atoms with Crippen LogP contribution in [0.15, 0.2) is 35.1 Å². The molecular formula is C15H16N2O5. The summed E-state index contributed by atoms with van der Waals surface area (Å²) in [5.74, 6) is -1.91. The molecule has 0 aliphatic carbocycles. The molecule has 1 heterocycles. The molecule has 2 rings (SSSR count). The molecule has 0 amide bonds. The van der Waals surface area contributed by atoms with Gasteiger partial charge in [-0.1, -0.05) is 0 Å². The van der Waals surface area contributed by atoms with Crippen molar-refractivity contribution in [3.05, 3.63) is 40.7 Å². The van der Waals surface area contributed by atoms with E-state index in [0.29, 0.717) is 11.2 Å². The van der Waals surface area contributed by atoms with Crippen molar-refractivity contribution in [1.82, 2.24) is 4.57 Å². The van der Waals surface area contributed by atoms with Gasteiger partial charge in [-0.25, -0.2) is 0 Å². The standard InChI is InChI=1S/C15H16N2O5/c1-16(9-15(21)22)11-3-4-12-10(8-11)2-5-13(18)17(12)7-6-14(19)20/h2-5,8H,6-7,9H2,1H3,(H,19,20)(H,21,22). The van der Waals surface area contributed by atoms with E-state index in [1.165, 1.54) is 10.6 Å². The maximum absolute atomic E-state index is 11.9. The van der Waals surface area contributed by atoms with E-state index in [-0.39, 0.29) is 25.1 Å². The Morgan fingerprint density at radius 2 is 1.86 bits per heavy atom. The van der Waals surface area contributed by atoms with E-state index in [2.05, 4.69) is 0 Å². The molecule has 0 spiro atoms. The first-order chi connectivity index (χ1) is 10.4. The second-order valence-electron chi connectivity index (χ2n) is 4.96. The Morgan fingerprint density at radius 3 is 2.50 bits per heavy atom. The Hall–Kier alpha value is -2.83. The minimum atomic E-state index is -0.971. The number of carboxylic acid groups (broad SMARTS) is 2. The van der Waals surface area contributed by atoms with Gasteiger partial charge in [0.05, 0.1) is 11.9 Å². The van der Waals surface area contributed by atoms with Crippen molar-refractivity contribution < 1.29 is 19.8 Å². The molecule has 0 aliphatic rings. The third-order valence-electron chi connectivity index (χ3n) is 3.34. The Labute approximate surface area is 126 Å². The van der Waals surface area contributed by atoms with Crippen molar-refractivity contribution in [3.63, 3.8) is 0 Å². The zero-order chi connectivity index (χ0) is 16.3. The SMILES string of the molecule is CN(CC(=O)O)c1ccc2c(ccc(=O)n2CCC(=O)O)c1. The van der Waals surface area contributed by atoms with Crippen LogP contribution in [0.25, 0.3) is 10.9 Å². The van der Waals surface area contributed by atoms with Crippen LogP contribution in [-0.2, 0) is 16.1 Å². The molecule has 2 aromatic rings. The smallest absolute Gasteiger partial charge is 0.323 e. The number of nitrogens with zero attached hydrogens (tertiary/aromatic N) is 2. The van der Waals surface area contributed by atoms with Crippen molar-refractivity contribution in [1.29, 1.82) is 0 Å². The molecular weight excluding hydrogens is 288 g/mol. The molecule has 22 heavy (non-hydrogen) atoms. The summed E-state index contributed by atoms with van der Waals surface area (Å²) < 4.78 is 1.41. The predicted octanol–water partition coefficient (Wildman–Crippen LogP) is 0.997.